The molecule has 3 rings (SSSR count). The summed E-state index contributed by atoms with van der Waals surface area (Å²) in [6.45, 7) is 0.173. The van der Waals surface area contributed by atoms with Crippen LogP contribution in [-0.4, -0.2) is 24.5 Å². The number of halogens is 1. The van der Waals surface area contributed by atoms with Gasteiger partial charge in [0.1, 0.15) is 5.75 Å². The fourth-order valence-corrected chi connectivity index (χ4v) is 3.66. The van der Waals surface area contributed by atoms with Crippen LogP contribution >= 0.6 is 27.3 Å². The fourth-order valence-electron chi connectivity index (χ4n) is 2.35. The van der Waals surface area contributed by atoms with E-state index in [-0.39, 0.29) is 12.5 Å². The van der Waals surface area contributed by atoms with E-state index in [0.717, 1.165) is 27.2 Å². The largest absolute Gasteiger partial charge is 0.497 e. The Hall–Kier alpha value is -2.38. The number of rotatable bonds is 7. The molecule has 0 aliphatic heterocycles. The average molecular weight is 432 g/mol. The third-order valence-corrected chi connectivity index (χ3v) is 5.02. The molecule has 0 atom stereocenters. The molecule has 0 aliphatic rings. The summed E-state index contributed by atoms with van der Waals surface area (Å²) < 4.78 is 6.16. The summed E-state index contributed by atoms with van der Waals surface area (Å²) in [6.07, 6.45) is 2.59. The maximum atomic E-state index is 12.1. The number of nitrogens with zero attached hydrogens (tertiary/aromatic N) is 1. The second kappa shape index (κ2) is 8.82. The van der Waals surface area contributed by atoms with Crippen molar-refractivity contribution in [1.82, 2.24) is 4.98 Å². The highest BCUT2D eigenvalue weighted by Crippen LogP contribution is 2.22. The SMILES string of the molecule is COc1ccc(NCC(=O)Nc2ncc(Cc3cccc(Br)c3)s2)cc1. The molecule has 5 nitrogen and oxygen atoms in total. The highest BCUT2D eigenvalue weighted by Gasteiger charge is 2.08. The Bertz CT molecular complexity index is 881. The van der Waals surface area contributed by atoms with Crippen molar-refractivity contribution in [2.75, 3.05) is 24.3 Å². The number of anilines is 2. The van der Waals surface area contributed by atoms with Crippen LogP contribution < -0.4 is 15.4 Å². The minimum atomic E-state index is -0.135. The summed E-state index contributed by atoms with van der Waals surface area (Å²) in [4.78, 5) is 17.5. The van der Waals surface area contributed by atoms with Gasteiger partial charge in [0.25, 0.3) is 0 Å². The van der Waals surface area contributed by atoms with Crippen LogP contribution in [0.1, 0.15) is 10.4 Å². The quantitative estimate of drug-likeness (QED) is 0.575. The zero-order valence-electron chi connectivity index (χ0n) is 14.2. The first-order valence-corrected chi connectivity index (χ1v) is 9.60. The van der Waals surface area contributed by atoms with Crippen molar-refractivity contribution in [2.24, 2.45) is 0 Å². The summed E-state index contributed by atoms with van der Waals surface area (Å²) in [5, 5.41) is 6.51. The van der Waals surface area contributed by atoms with Crippen molar-refractivity contribution in [3.8, 4) is 5.75 Å². The van der Waals surface area contributed by atoms with E-state index in [1.54, 1.807) is 13.3 Å². The second-order valence-electron chi connectivity index (χ2n) is 5.57. The molecule has 7 heteroatoms. The van der Waals surface area contributed by atoms with Gasteiger partial charge in [-0.3, -0.25) is 4.79 Å². The third-order valence-electron chi connectivity index (χ3n) is 3.61. The van der Waals surface area contributed by atoms with Crippen LogP contribution in [0, 0.1) is 0 Å². The molecule has 0 spiro atoms. The van der Waals surface area contributed by atoms with E-state index in [0.29, 0.717) is 5.13 Å². The molecule has 0 saturated carbocycles. The Kier molecular flexibility index (Phi) is 6.25. The van der Waals surface area contributed by atoms with E-state index in [2.05, 4.69) is 43.7 Å². The van der Waals surface area contributed by atoms with E-state index in [4.69, 9.17) is 4.74 Å². The zero-order chi connectivity index (χ0) is 18.4. The Balaban J connectivity index is 1.50. The topological polar surface area (TPSA) is 63.2 Å². The number of amides is 1. The van der Waals surface area contributed by atoms with Crippen molar-refractivity contribution in [3.63, 3.8) is 0 Å². The van der Waals surface area contributed by atoms with E-state index >= 15 is 0 Å². The van der Waals surface area contributed by atoms with Gasteiger partial charge < -0.3 is 15.4 Å². The van der Waals surface area contributed by atoms with Crippen LogP contribution in [0.25, 0.3) is 0 Å². The summed E-state index contributed by atoms with van der Waals surface area (Å²) in [6, 6.07) is 15.6. The maximum Gasteiger partial charge on any atom is 0.245 e. The molecule has 1 amide bonds. The lowest BCUT2D eigenvalue weighted by atomic mass is 10.1. The molecule has 0 unspecified atom stereocenters. The van der Waals surface area contributed by atoms with E-state index < -0.39 is 0 Å². The van der Waals surface area contributed by atoms with Gasteiger partial charge in [-0.2, -0.15) is 0 Å². The van der Waals surface area contributed by atoms with E-state index in [9.17, 15) is 4.79 Å². The normalized spacial score (nSPS) is 10.4. The predicted molar refractivity (Wildman–Crippen MR) is 109 cm³/mol. The molecule has 0 bridgehead atoms. The number of ether oxygens (including phenoxy) is 1. The number of hydrogen-bond acceptors (Lipinski definition) is 5. The molecular formula is C19H18BrN3O2S. The number of methoxy groups -OCH3 is 1. The van der Waals surface area contributed by atoms with Crippen LogP contribution in [0.2, 0.25) is 0 Å². The van der Waals surface area contributed by atoms with Crippen molar-refractivity contribution < 1.29 is 9.53 Å². The number of nitrogens with one attached hydrogen (secondary N) is 2. The van der Waals surface area contributed by atoms with Gasteiger partial charge in [0, 0.05) is 27.7 Å². The molecule has 26 heavy (non-hydrogen) atoms. The van der Waals surface area contributed by atoms with Crippen molar-refractivity contribution >= 4 is 44.0 Å². The van der Waals surface area contributed by atoms with Gasteiger partial charge in [-0.15, -0.1) is 11.3 Å². The molecule has 3 aromatic rings. The van der Waals surface area contributed by atoms with Gasteiger partial charge in [0.2, 0.25) is 5.91 Å². The van der Waals surface area contributed by atoms with Gasteiger partial charge >= 0.3 is 0 Å². The molecule has 2 aromatic carbocycles. The second-order valence-corrected chi connectivity index (χ2v) is 7.60. The number of hydrogen-bond donors (Lipinski definition) is 2. The minimum absolute atomic E-state index is 0.135. The highest BCUT2D eigenvalue weighted by atomic mass is 79.9. The third kappa shape index (κ3) is 5.31. The highest BCUT2D eigenvalue weighted by molar-refractivity contribution is 9.10. The Morgan fingerprint density at radius 3 is 2.77 bits per heavy atom. The molecule has 0 aliphatic carbocycles. The smallest absolute Gasteiger partial charge is 0.245 e. The molecule has 2 N–H and O–H groups in total. The molecule has 1 aromatic heterocycles. The fraction of sp³-hybridized carbons (Fsp3) is 0.158. The van der Waals surface area contributed by atoms with Crippen LogP contribution in [-0.2, 0) is 11.2 Å². The lowest BCUT2D eigenvalue weighted by molar-refractivity contribution is -0.114. The number of benzene rings is 2. The van der Waals surface area contributed by atoms with E-state index in [1.807, 2.05) is 36.4 Å². The summed E-state index contributed by atoms with van der Waals surface area (Å²) >= 11 is 4.96. The Morgan fingerprint density at radius 1 is 1.23 bits per heavy atom. The first-order chi connectivity index (χ1) is 12.6. The van der Waals surface area contributed by atoms with Crippen molar-refractivity contribution in [2.45, 2.75) is 6.42 Å². The average Bonchev–Trinajstić information content (AvgIpc) is 3.07. The van der Waals surface area contributed by atoms with Gasteiger partial charge in [-0.25, -0.2) is 4.98 Å². The van der Waals surface area contributed by atoms with Crippen LogP contribution in [0.4, 0.5) is 10.8 Å². The maximum absolute atomic E-state index is 12.1. The summed E-state index contributed by atoms with van der Waals surface area (Å²) in [5.74, 6) is 0.643. The number of aromatic nitrogens is 1. The molecule has 0 saturated heterocycles. The van der Waals surface area contributed by atoms with E-state index in [1.165, 1.54) is 16.9 Å². The summed E-state index contributed by atoms with van der Waals surface area (Å²) in [7, 11) is 1.62. The standard InChI is InChI=1S/C19H18BrN3O2S/c1-25-16-7-5-15(6-8-16)21-12-18(24)23-19-22-11-17(26-19)10-13-3-2-4-14(20)9-13/h2-9,11,21H,10,12H2,1H3,(H,22,23,24). The molecular weight excluding hydrogens is 414 g/mol. The van der Waals surface area contributed by atoms with Crippen LogP contribution in [0.15, 0.2) is 59.2 Å². The van der Waals surface area contributed by atoms with Crippen LogP contribution in [0.3, 0.4) is 0 Å². The minimum Gasteiger partial charge on any atom is -0.497 e. The van der Waals surface area contributed by atoms with Crippen molar-refractivity contribution in [1.29, 1.82) is 0 Å². The zero-order valence-corrected chi connectivity index (χ0v) is 16.6. The van der Waals surface area contributed by atoms with Gasteiger partial charge in [0.05, 0.1) is 13.7 Å². The molecule has 134 valence electrons. The van der Waals surface area contributed by atoms with Gasteiger partial charge in [-0.05, 0) is 42.0 Å². The monoisotopic (exact) mass is 431 g/mol. The molecule has 0 radical (unpaired) electrons. The molecule has 1 heterocycles. The Labute approximate surface area is 164 Å². The first kappa shape index (κ1) is 18.4. The lowest BCUT2D eigenvalue weighted by Crippen LogP contribution is -2.21. The van der Waals surface area contributed by atoms with Crippen molar-refractivity contribution in [3.05, 3.63) is 69.6 Å². The lowest BCUT2D eigenvalue weighted by Gasteiger charge is -2.07. The summed E-state index contributed by atoms with van der Waals surface area (Å²) in [5.41, 5.74) is 2.05. The van der Waals surface area contributed by atoms with Gasteiger partial charge in [0.15, 0.2) is 5.13 Å². The Morgan fingerprint density at radius 2 is 2.04 bits per heavy atom. The molecule has 0 fully saturated rings. The number of carbonyl (C=O) groups excluding carboxylic acids is 1. The number of thiazole rings is 1. The number of carbonyl (C=O) groups is 1. The predicted octanol–water partition coefficient (Wildman–Crippen LogP) is 4.56. The first-order valence-electron chi connectivity index (χ1n) is 7.99. The van der Waals surface area contributed by atoms with Gasteiger partial charge in [-0.1, -0.05) is 28.1 Å². The van der Waals surface area contributed by atoms with Crippen LogP contribution in [0.5, 0.6) is 5.75 Å².